The number of aliphatic carboxylic acids is 1. The van der Waals surface area contributed by atoms with Crippen LogP contribution in [0.2, 0.25) is 0 Å². The number of aldehydes is 1. The molecule has 4 N–H and O–H groups in total. The van der Waals surface area contributed by atoms with Crippen LogP contribution in [0, 0.1) is 5.41 Å². The van der Waals surface area contributed by atoms with Crippen LogP contribution in [0.3, 0.4) is 0 Å². The summed E-state index contributed by atoms with van der Waals surface area (Å²) in [5.41, 5.74) is 2.25. The Hall–Kier alpha value is -3.90. The van der Waals surface area contributed by atoms with E-state index in [1.165, 1.54) is 19.2 Å². The summed E-state index contributed by atoms with van der Waals surface area (Å²) in [6.07, 6.45) is 1.77. The lowest BCUT2D eigenvalue weighted by Crippen LogP contribution is -2.44. The summed E-state index contributed by atoms with van der Waals surface area (Å²) in [6, 6.07) is 3.33. The Labute approximate surface area is 213 Å². The van der Waals surface area contributed by atoms with Gasteiger partial charge in [0.05, 0.1) is 38.0 Å². The van der Waals surface area contributed by atoms with E-state index in [-0.39, 0.29) is 49.4 Å². The molecule has 1 heterocycles. The standard InChI is InChI=1S/C25H31NO11/c1-4-17-24(37-26-16(13-27)6-8-21(30)31)36-14-18(23(33)34-3)25(17,2)12-22(32)35-10-9-15-5-7-19(28)20(29)11-15/h4-5,7,11,13-14,16,24,26,28-29H,6,8-10,12H2,1-3H3,(H,30,31)/t16-,24-,25-/m0/s1. The molecule has 0 radical (unpaired) electrons. The molecule has 0 fully saturated rings. The monoisotopic (exact) mass is 521 g/mol. The van der Waals surface area contributed by atoms with Crippen molar-refractivity contribution in [3.8, 4) is 11.5 Å². The molecule has 12 heteroatoms. The number of phenolic OH excluding ortho intramolecular Hbond substituents is 2. The topological polar surface area (TPSA) is 178 Å². The van der Waals surface area contributed by atoms with Crippen molar-refractivity contribution in [1.82, 2.24) is 5.48 Å². The van der Waals surface area contributed by atoms with Crippen molar-refractivity contribution in [2.24, 2.45) is 5.41 Å². The van der Waals surface area contributed by atoms with E-state index in [1.54, 1.807) is 26.0 Å². The summed E-state index contributed by atoms with van der Waals surface area (Å²) in [6.45, 7) is 3.24. The predicted octanol–water partition coefficient (Wildman–Crippen LogP) is 1.89. The number of benzene rings is 1. The third-order valence-corrected chi connectivity index (χ3v) is 5.86. The molecule has 0 spiro atoms. The highest BCUT2D eigenvalue weighted by Crippen LogP contribution is 2.45. The summed E-state index contributed by atoms with van der Waals surface area (Å²) >= 11 is 0. The van der Waals surface area contributed by atoms with Gasteiger partial charge < -0.3 is 34.3 Å². The number of carbonyl (C=O) groups is 4. The van der Waals surface area contributed by atoms with Crippen LogP contribution in [0.25, 0.3) is 0 Å². The minimum absolute atomic E-state index is 0.0237. The van der Waals surface area contributed by atoms with E-state index < -0.39 is 35.7 Å². The van der Waals surface area contributed by atoms with Crippen molar-refractivity contribution in [1.29, 1.82) is 0 Å². The van der Waals surface area contributed by atoms with Crippen LogP contribution in [0.1, 0.15) is 38.7 Å². The zero-order chi connectivity index (χ0) is 27.6. The second kappa shape index (κ2) is 13.4. The summed E-state index contributed by atoms with van der Waals surface area (Å²) in [4.78, 5) is 52.9. The first-order chi connectivity index (χ1) is 17.5. The highest BCUT2D eigenvalue weighted by Gasteiger charge is 2.47. The van der Waals surface area contributed by atoms with Gasteiger partial charge >= 0.3 is 17.9 Å². The molecule has 202 valence electrons. The number of rotatable bonds is 13. The number of carboxylic acids is 1. The molecular formula is C25H31NO11. The Morgan fingerprint density at radius 2 is 1.97 bits per heavy atom. The Bertz CT molecular complexity index is 1060. The molecular weight excluding hydrogens is 490 g/mol. The third kappa shape index (κ3) is 7.79. The lowest BCUT2D eigenvalue weighted by atomic mass is 9.71. The van der Waals surface area contributed by atoms with Gasteiger partial charge in [-0.3, -0.25) is 14.4 Å². The molecule has 0 unspecified atom stereocenters. The van der Waals surface area contributed by atoms with Gasteiger partial charge in [0.15, 0.2) is 11.5 Å². The number of allylic oxidation sites excluding steroid dienone is 1. The fourth-order valence-corrected chi connectivity index (χ4v) is 3.81. The largest absolute Gasteiger partial charge is 0.504 e. The molecule has 1 aliphatic heterocycles. The van der Waals surface area contributed by atoms with E-state index in [0.717, 1.165) is 6.26 Å². The molecule has 0 aliphatic carbocycles. The number of hydrogen-bond donors (Lipinski definition) is 4. The summed E-state index contributed by atoms with van der Waals surface area (Å²) < 4.78 is 15.7. The number of carbonyl (C=O) groups excluding carboxylic acids is 3. The molecule has 0 amide bonds. The molecule has 1 aliphatic rings. The van der Waals surface area contributed by atoms with Crippen molar-refractivity contribution < 1.29 is 53.5 Å². The van der Waals surface area contributed by atoms with Gasteiger partial charge in [0.2, 0.25) is 6.29 Å². The SMILES string of the molecule is CC=C1[C@H](ON[C@H](C=O)CCC(=O)O)OC=C(C(=O)OC)[C@@]1(C)CC(=O)OCCc1ccc(O)c(O)c1. The van der Waals surface area contributed by atoms with Gasteiger partial charge in [0.1, 0.15) is 6.29 Å². The Morgan fingerprint density at radius 3 is 2.57 bits per heavy atom. The Morgan fingerprint density at radius 1 is 1.24 bits per heavy atom. The van der Waals surface area contributed by atoms with Crippen LogP contribution in [-0.4, -0.2) is 65.6 Å². The number of hydroxylamine groups is 1. The molecule has 0 saturated heterocycles. The van der Waals surface area contributed by atoms with Gasteiger partial charge in [0, 0.05) is 23.8 Å². The van der Waals surface area contributed by atoms with Crippen LogP contribution in [0.15, 0.2) is 41.7 Å². The lowest BCUT2D eigenvalue weighted by Gasteiger charge is -2.39. The molecule has 2 rings (SSSR count). The number of methoxy groups -OCH3 is 1. The van der Waals surface area contributed by atoms with Crippen LogP contribution in [-0.2, 0) is 44.6 Å². The van der Waals surface area contributed by atoms with E-state index in [4.69, 9.17) is 24.2 Å². The molecule has 0 saturated carbocycles. The first kappa shape index (κ1) is 29.3. The van der Waals surface area contributed by atoms with Gasteiger partial charge in [-0.25, -0.2) is 4.79 Å². The molecule has 37 heavy (non-hydrogen) atoms. The number of hydrogen-bond acceptors (Lipinski definition) is 11. The number of aromatic hydroxyl groups is 2. The maximum absolute atomic E-state index is 12.8. The maximum atomic E-state index is 12.8. The highest BCUT2D eigenvalue weighted by atomic mass is 16.8. The third-order valence-electron chi connectivity index (χ3n) is 5.86. The fourth-order valence-electron chi connectivity index (χ4n) is 3.81. The number of ether oxygens (including phenoxy) is 3. The summed E-state index contributed by atoms with van der Waals surface area (Å²) in [5, 5.41) is 27.8. The molecule has 1 aromatic carbocycles. The van der Waals surface area contributed by atoms with Crippen molar-refractivity contribution in [2.45, 2.75) is 51.9 Å². The van der Waals surface area contributed by atoms with Crippen molar-refractivity contribution in [2.75, 3.05) is 13.7 Å². The average Bonchev–Trinajstić information content (AvgIpc) is 2.85. The molecule has 0 aromatic heterocycles. The van der Waals surface area contributed by atoms with Gasteiger partial charge in [-0.15, -0.1) is 0 Å². The zero-order valence-corrected chi connectivity index (χ0v) is 20.8. The van der Waals surface area contributed by atoms with Gasteiger partial charge in [-0.05, 0) is 31.0 Å². The van der Waals surface area contributed by atoms with E-state index in [0.29, 0.717) is 17.4 Å². The van der Waals surface area contributed by atoms with Crippen LogP contribution in [0.4, 0.5) is 0 Å². The van der Waals surface area contributed by atoms with Crippen molar-refractivity contribution in [3.05, 3.63) is 47.2 Å². The number of phenols is 2. The summed E-state index contributed by atoms with van der Waals surface area (Å²) in [5.74, 6) is -2.99. The normalized spacial score (nSPS) is 20.9. The lowest BCUT2D eigenvalue weighted by molar-refractivity contribution is -0.161. The van der Waals surface area contributed by atoms with Crippen molar-refractivity contribution in [3.63, 3.8) is 0 Å². The van der Waals surface area contributed by atoms with Crippen LogP contribution >= 0.6 is 0 Å². The molecule has 0 bridgehead atoms. The Kier molecular flexibility index (Phi) is 10.6. The van der Waals surface area contributed by atoms with E-state index in [2.05, 4.69) is 5.48 Å². The van der Waals surface area contributed by atoms with E-state index >= 15 is 0 Å². The zero-order valence-electron chi connectivity index (χ0n) is 20.8. The molecule has 1 aromatic rings. The second-order valence-corrected chi connectivity index (χ2v) is 8.45. The maximum Gasteiger partial charge on any atom is 0.337 e. The highest BCUT2D eigenvalue weighted by molar-refractivity contribution is 5.92. The number of nitrogens with one attached hydrogen (secondary N) is 1. The Balaban J connectivity index is 2.14. The average molecular weight is 522 g/mol. The minimum Gasteiger partial charge on any atom is -0.504 e. The minimum atomic E-state index is -1.27. The van der Waals surface area contributed by atoms with E-state index in [9.17, 15) is 29.4 Å². The van der Waals surface area contributed by atoms with Crippen LogP contribution < -0.4 is 5.48 Å². The van der Waals surface area contributed by atoms with Gasteiger partial charge in [-0.1, -0.05) is 19.1 Å². The second-order valence-electron chi connectivity index (χ2n) is 8.45. The first-order valence-electron chi connectivity index (χ1n) is 11.4. The quantitative estimate of drug-likeness (QED) is 0.0975. The molecule has 12 nitrogen and oxygen atoms in total. The number of esters is 2. The smallest absolute Gasteiger partial charge is 0.337 e. The fraction of sp³-hybridized carbons (Fsp3) is 0.440. The van der Waals surface area contributed by atoms with Crippen molar-refractivity contribution >= 4 is 24.2 Å². The van der Waals surface area contributed by atoms with Crippen LogP contribution in [0.5, 0.6) is 11.5 Å². The van der Waals surface area contributed by atoms with Gasteiger partial charge in [-0.2, -0.15) is 5.48 Å². The summed E-state index contributed by atoms with van der Waals surface area (Å²) in [7, 11) is 1.19. The molecule has 3 atom stereocenters. The van der Waals surface area contributed by atoms with Gasteiger partial charge in [0.25, 0.3) is 0 Å². The predicted molar refractivity (Wildman–Crippen MR) is 127 cm³/mol. The number of carboxylic acid groups (broad SMARTS) is 1. The first-order valence-corrected chi connectivity index (χ1v) is 11.4. The van der Waals surface area contributed by atoms with E-state index in [1.807, 2.05) is 0 Å².